The summed E-state index contributed by atoms with van der Waals surface area (Å²) in [6.45, 7) is 0. The fourth-order valence-corrected chi connectivity index (χ4v) is 3.08. The number of halogens is 1. The lowest BCUT2D eigenvalue weighted by molar-refractivity contribution is 0.0697. The minimum Gasteiger partial charge on any atom is -0.478 e. The summed E-state index contributed by atoms with van der Waals surface area (Å²) in [4.78, 5) is 10.9. The number of fused-ring (bicyclic) bond motifs is 1. The van der Waals surface area contributed by atoms with E-state index in [1.165, 1.54) is 24.0 Å². The molecule has 0 aromatic heterocycles. The van der Waals surface area contributed by atoms with Crippen LogP contribution in [0.15, 0.2) is 40.9 Å². The summed E-state index contributed by atoms with van der Waals surface area (Å²) in [5, 5.41) is 8.96. The van der Waals surface area contributed by atoms with Gasteiger partial charge in [-0.1, -0.05) is 6.07 Å². The molecule has 1 aliphatic rings. The summed E-state index contributed by atoms with van der Waals surface area (Å²) in [5.41, 5.74) is 3.01. The highest BCUT2D eigenvalue weighted by atomic mass is 79.9. The first-order valence-corrected chi connectivity index (χ1v) is 7.75. The van der Waals surface area contributed by atoms with Crippen molar-refractivity contribution in [3.8, 4) is 11.5 Å². The molecule has 4 heteroatoms. The third kappa shape index (κ3) is 3.10. The maximum absolute atomic E-state index is 10.9. The Hall–Kier alpha value is -1.81. The van der Waals surface area contributed by atoms with Gasteiger partial charge >= 0.3 is 5.97 Å². The number of benzene rings is 2. The highest BCUT2D eigenvalue weighted by Crippen LogP contribution is 2.32. The molecule has 1 N–H and O–H groups in total. The summed E-state index contributed by atoms with van der Waals surface area (Å²) in [7, 11) is 0. The molecule has 0 heterocycles. The Morgan fingerprint density at radius 1 is 1.05 bits per heavy atom. The van der Waals surface area contributed by atoms with Gasteiger partial charge in [-0.25, -0.2) is 4.79 Å². The van der Waals surface area contributed by atoms with E-state index >= 15 is 0 Å². The first kappa shape index (κ1) is 14.1. The Morgan fingerprint density at radius 3 is 2.52 bits per heavy atom. The zero-order valence-corrected chi connectivity index (χ0v) is 13.0. The molecule has 3 nitrogen and oxygen atoms in total. The van der Waals surface area contributed by atoms with Crippen LogP contribution < -0.4 is 4.74 Å². The normalized spacial score (nSPS) is 13.6. The third-order valence-electron chi connectivity index (χ3n) is 3.73. The quantitative estimate of drug-likeness (QED) is 0.866. The highest BCUT2D eigenvalue weighted by Gasteiger charge is 2.12. The average molecular weight is 347 g/mol. The van der Waals surface area contributed by atoms with E-state index in [1.54, 1.807) is 18.2 Å². The Bertz CT molecular complexity index is 694. The molecular formula is C17H15BrO3. The molecular weight excluding hydrogens is 332 g/mol. The molecule has 0 fully saturated rings. The first-order chi connectivity index (χ1) is 10.1. The Kier molecular flexibility index (Phi) is 3.97. The molecule has 2 aromatic carbocycles. The summed E-state index contributed by atoms with van der Waals surface area (Å²) in [6.07, 6.45) is 4.74. The largest absolute Gasteiger partial charge is 0.478 e. The maximum atomic E-state index is 10.9. The van der Waals surface area contributed by atoms with Gasteiger partial charge in [0.25, 0.3) is 0 Å². The molecule has 1 aliphatic carbocycles. The van der Waals surface area contributed by atoms with E-state index < -0.39 is 5.97 Å². The average Bonchev–Trinajstić information content (AvgIpc) is 2.49. The number of carboxylic acid groups (broad SMARTS) is 1. The van der Waals surface area contributed by atoms with Crippen LogP contribution in [0.1, 0.15) is 34.3 Å². The second-order valence-electron chi connectivity index (χ2n) is 5.19. The second-order valence-corrected chi connectivity index (χ2v) is 6.04. The molecule has 0 saturated carbocycles. The maximum Gasteiger partial charge on any atom is 0.335 e. The molecule has 0 atom stereocenters. The van der Waals surface area contributed by atoms with Gasteiger partial charge in [-0.2, -0.15) is 0 Å². The van der Waals surface area contributed by atoms with Crippen molar-refractivity contribution in [3.63, 3.8) is 0 Å². The van der Waals surface area contributed by atoms with E-state index in [9.17, 15) is 4.79 Å². The topological polar surface area (TPSA) is 46.5 Å². The molecule has 0 aliphatic heterocycles. The molecule has 0 spiro atoms. The van der Waals surface area contributed by atoms with E-state index in [0.29, 0.717) is 10.2 Å². The SMILES string of the molecule is O=C(O)c1ccc(Oc2ccc3c(c2)CCCC3)c(Br)c1. The number of rotatable bonds is 3. The molecule has 0 saturated heterocycles. The van der Waals surface area contributed by atoms with E-state index in [2.05, 4.69) is 28.1 Å². The van der Waals surface area contributed by atoms with Crippen LogP contribution in [0.2, 0.25) is 0 Å². The highest BCUT2D eigenvalue weighted by molar-refractivity contribution is 9.10. The van der Waals surface area contributed by atoms with Crippen molar-refractivity contribution in [1.29, 1.82) is 0 Å². The molecule has 0 unspecified atom stereocenters. The number of aryl methyl sites for hydroxylation is 2. The third-order valence-corrected chi connectivity index (χ3v) is 4.35. The van der Waals surface area contributed by atoms with Crippen LogP contribution in [0.5, 0.6) is 11.5 Å². The van der Waals surface area contributed by atoms with Gasteiger partial charge in [0, 0.05) is 0 Å². The summed E-state index contributed by atoms with van der Waals surface area (Å²) >= 11 is 3.36. The molecule has 0 bridgehead atoms. The molecule has 3 rings (SSSR count). The minimum atomic E-state index is -0.948. The number of hydrogen-bond donors (Lipinski definition) is 1. The van der Waals surface area contributed by atoms with Crippen LogP contribution >= 0.6 is 15.9 Å². The van der Waals surface area contributed by atoms with Crippen LogP contribution in [0.3, 0.4) is 0 Å². The van der Waals surface area contributed by atoms with Crippen LogP contribution in [0, 0.1) is 0 Å². The molecule has 21 heavy (non-hydrogen) atoms. The van der Waals surface area contributed by atoms with Gasteiger partial charge in [0.1, 0.15) is 11.5 Å². The summed E-state index contributed by atoms with van der Waals surface area (Å²) in [6, 6.07) is 11.0. The van der Waals surface area contributed by atoms with Crippen molar-refractivity contribution in [2.24, 2.45) is 0 Å². The molecule has 0 amide bonds. The van der Waals surface area contributed by atoms with Crippen molar-refractivity contribution in [1.82, 2.24) is 0 Å². The number of hydrogen-bond acceptors (Lipinski definition) is 2. The van der Waals surface area contributed by atoms with Gasteiger partial charge in [-0.05, 0) is 83.1 Å². The van der Waals surface area contributed by atoms with Gasteiger partial charge in [0.15, 0.2) is 0 Å². The molecule has 0 radical (unpaired) electrons. The van der Waals surface area contributed by atoms with Crippen LogP contribution in [0.25, 0.3) is 0 Å². The van der Waals surface area contributed by atoms with Gasteiger partial charge in [-0.3, -0.25) is 0 Å². The lowest BCUT2D eigenvalue weighted by Gasteiger charge is -2.17. The minimum absolute atomic E-state index is 0.236. The lowest BCUT2D eigenvalue weighted by Crippen LogP contribution is -2.02. The van der Waals surface area contributed by atoms with Crippen LogP contribution in [0.4, 0.5) is 0 Å². The number of aromatic carboxylic acids is 1. The van der Waals surface area contributed by atoms with Gasteiger partial charge in [-0.15, -0.1) is 0 Å². The summed E-state index contributed by atoms with van der Waals surface area (Å²) in [5.74, 6) is 0.464. The van der Waals surface area contributed by atoms with Gasteiger partial charge in [0.05, 0.1) is 10.0 Å². The smallest absolute Gasteiger partial charge is 0.335 e. The van der Waals surface area contributed by atoms with Crippen molar-refractivity contribution >= 4 is 21.9 Å². The molecule has 108 valence electrons. The Balaban J connectivity index is 1.85. The van der Waals surface area contributed by atoms with Crippen molar-refractivity contribution in [2.45, 2.75) is 25.7 Å². The van der Waals surface area contributed by atoms with Crippen molar-refractivity contribution < 1.29 is 14.6 Å². The van der Waals surface area contributed by atoms with Crippen molar-refractivity contribution in [2.75, 3.05) is 0 Å². The predicted octanol–water partition coefficient (Wildman–Crippen LogP) is 4.82. The predicted molar refractivity (Wildman–Crippen MR) is 84.3 cm³/mol. The number of carboxylic acids is 1. The standard InChI is InChI=1S/C17H15BrO3/c18-15-10-13(17(19)20)6-8-16(15)21-14-7-5-11-3-1-2-4-12(11)9-14/h5-10H,1-4H2,(H,19,20). The summed E-state index contributed by atoms with van der Waals surface area (Å²) < 4.78 is 6.51. The molecule has 2 aromatic rings. The van der Waals surface area contributed by atoms with Crippen LogP contribution in [-0.2, 0) is 12.8 Å². The van der Waals surface area contributed by atoms with Crippen LogP contribution in [-0.4, -0.2) is 11.1 Å². The monoisotopic (exact) mass is 346 g/mol. The fourth-order valence-electron chi connectivity index (χ4n) is 2.62. The van der Waals surface area contributed by atoms with E-state index in [-0.39, 0.29) is 5.56 Å². The van der Waals surface area contributed by atoms with E-state index in [4.69, 9.17) is 9.84 Å². The second kappa shape index (κ2) is 5.90. The van der Waals surface area contributed by atoms with E-state index in [0.717, 1.165) is 18.6 Å². The van der Waals surface area contributed by atoms with E-state index in [1.807, 2.05) is 6.07 Å². The zero-order valence-electron chi connectivity index (χ0n) is 11.4. The fraction of sp³-hybridized carbons (Fsp3) is 0.235. The number of ether oxygens (including phenoxy) is 1. The van der Waals surface area contributed by atoms with Gasteiger partial charge < -0.3 is 9.84 Å². The Morgan fingerprint density at radius 2 is 1.81 bits per heavy atom. The lowest BCUT2D eigenvalue weighted by atomic mass is 9.92. The van der Waals surface area contributed by atoms with Gasteiger partial charge in [0.2, 0.25) is 0 Å². The zero-order chi connectivity index (χ0) is 14.8. The van der Waals surface area contributed by atoms with Crippen molar-refractivity contribution in [3.05, 3.63) is 57.6 Å². The first-order valence-electron chi connectivity index (χ1n) is 6.96. The Labute approximate surface area is 131 Å². The number of carbonyl (C=O) groups is 1.